The molecule has 28 heavy (non-hydrogen) atoms. The van der Waals surface area contributed by atoms with Gasteiger partial charge in [0.1, 0.15) is 0 Å². The maximum absolute atomic E-state index is 12.5. The molecule has 1 fully saturated rings. The fraction of sp³-hybridized carbons (Fsp3) is 0.273. The van der Waals surface area contributed by atoms with Gasteiger partial charge in [-0.25, -0.2) is 9.69 Å². The van der Waals surface area contributed by atoms with Gasteiger partial charge in [0.05, 0.1) is 13.1 Å². The number of imide groups is 2. The summed E-state index contributed by atoms with van der Waals surface area (Å²) >= 11 is 0. The summed E-state index contributed by atoms with van der Waals surface area (Å²) in [5.74, 6) is -1.87. The third kappa shape index (κ3) is 3.86. The highest BCUT2D eigenvalue weighted by Crippen LogP contribution is 2.20. The zero-order valence-corrected chi connectivity index (χ0v) is 15.9. The van der Waals surface area contributed by atoms with E-state index in [1.165, 1.54) is 0 Å². The third-order valence-electron chi connectivity index (χ3n) is 5.03. The number of ketones is 1. The zero-order chi connectivity index (χ0) is 20.3. The number of Topliss-reactive ketones (excluding diaryl/α,β-unsaturated/α-hetero) is 1. The van der Waals surface area contributed by atoms with Gasteiger partial charge in [-0.05, 0) is 23.5 Å². The molecule has 2 aromatic rings. The molecule has 1 saturated heterocycles. The second kappa shape index (κ2) is 8.17. The molecule has 0 spiro atoms. The molecule has 1 aliphatic rings. The van der Waals surface area contributed by atoms with E-state index < -0.39 is 24.4 Å². The van der Waals surface area contributed by atoms with Crippen molar-refractivity contribution in [2.24, 2.45) is 0 Å². The first-order valence-electron chi connectivity index (χ1n) is 9.26. The number of rotatable bonds is 7. The van der Waals surface area contributed by atoms with Crippen LogP contribution < -0.4 is 0 Å². The van der Waals surface area contributed by atoms with Crippen molar-refractivity contribution in [3.63, 3.8) is 0 Å². The Morgan fingerprint density at radius 1 is 0.893 bits per heavy atom. The Balaban J connectivity index is 1.71. The number of hydrogen-bond donors (Lipinski definition) is 0. The van der Waals surface area contributed by atoms with Crippen LogP contribution in [0.2, 0.25) is 0 Å². The molecule has 0 aliphatic carbocycles. The molecule has 144 valence electrons. The summed E-state index contributed by atoms with van der Waals surface area (Å²) in [5, 5.41) is 0. The van der Waals surface area contributed by atoms with Crippen LogP contribution in [0.4, 0.5) is 4.79 Å². The van der Waals surface area contributed by atoms with Crippen LogP contribution in [-0.4, -0.2) is 40.0 Å². The molecular formula is C22H22N2O4. The summed E-state index contributed by atoms with van der Waals surface area (Å²) in [4.78, 5) is 51.1. The quantitative estimate of drug-likeness (QED) is 0.421. The van der Waals surface area contributed by atoms with Crippen molar-refractivity contribution >= 4 is 23.6 Å². The lowest BCUT2D eigenvalue weighted by Gasteiger charge is -2.15. The average molecular weight is 378 g/mol. The molecule has 4 amide bonds. The van der Waals surface area contributed by atoms with E-state index in [4.69, 9.17) is 0 Å². The molecule has 0 aromatic heterocycles. The molecule has 1 atom stereocenters. The Kier molecular flexibility index (Phi) is 5.68. The molecule has 0 N–H and O–H groups in total. The monoisotopic (exact) mass is 378 g/mol. The number of urea groups is 1. The highest BCUT2D eigenvalue weighted by Gasteiger charge is 2.45. The number of carbonyl (C=O) groups excluding carboxylic acids is 4. The summed E-state index contributed by atoms with van der Waals surface area (Å²) < 4.78 is 0. The Morgan fingerprint density at radius 3 is 2.11 bits per heavy atom. The van der Waals surface area contributed by atoms with Gasteiger partial charge in [-0.1, -0.05) is 68.4 Å². The van der Waals surface area contributed by atoms with E-state index in [-0.39, 0.29) is 12.3 Å². The van der Waals surface area contributed by atoms with E-state index in [0.29, 0.717) is 11.5 Å². The molecule has 0 unspecified atom stereocenters. The van der Waals surface area contributed by atoms with Crippen LogP contribution in [0.25, 0.3) is 0 Å². The van der Waals surface area contributed by atoms with E-state index in [1.807, 2.05) is 18.2 Å². The standard InChI is InChI=1S/C22H22N2O4/c1-3-15(2)17-9-11-18(12-10-17)19(25)14-24-21(27)20(26)23(22(24)28)13-16-7-5-4-6-8-16/h4-12,15H,3,13-14H2,1-2H3/t15-/m0/s1. The molecule has 6 heteroatoms. The average Bonchev–Trinajstić information content (AvgIpc) is 2.92. The lowest BCUT2D eigenvalue weighted by Crippen LogP contribution is -2.36. The first kappa shape index (κ1) is 19.5. The molecule has 1 heterocycles. The summed E-state index contributed by atoms with van der Waals surface area (Å²) in [5.41, 5.74) is 2.25. The summed E-state index contributed by atoms with van der Waals surface area (Å²) in [6.07, 6.45) is 0.990. The molecule has 3 rings (SSSR count). The molecular weight excluding hydrogens is 356 g/mol. The van der Waals surface area contributed by atoms with Gasteiger partial charge in [0, 0.05) is 5.56 Å². The van der Waals surface area contributed by atoms with Crippen LogP contribution >= 0.6 is 0 Å². The SMILES string of the molecule is CC[C@H](C)c1ccc(C(=O)CN2C(=O)C(=O)N(Cc3ccccc3)C2=O)cc1. The zero-order valence-electron chi connectivity index (χ0n) is 15.9. The van der Waals surface area contributed by atoms with E-state index in [0.717, 1.165) is 27.3 Å². The summed E-state index contributed by atoms with van der Waals surface area (Å²) in [6, 6.07) is 15.3. The van der Waals surface area contributed by atoms with Crippen LogP contribution in [0.3, 0.4) is 0 Å². The number of hydrogen-bond acceptors (Lipinski definition) is 4. The van der Waals surface area contributed by atoms with Crippen LogP contribution in [0.15, 0.2) is 54.6 Å². The van der Waals surface area contributed by atoms with Crippen molar-refractivity contribution in [1.82, 2.24) is 9.80 Å². The maximum atomic E-state index is 12.5. The van der Waals surface area contributed by atoms with Crippen molar-refractivity contribution in [1.29, 1.82) is 0 Å². The Hall–Kier alpha value is -3.28. The van der Waals surface area contributed by atoms with E-state index in [9.17, 15) is 19.2 Å². The molecule has 0 saturated carbocycles. The van der Waals surface area contributed by atoms with Crippen molar-refractivity contribution in [2.75, 3.05) is 6.54 Å². The van der Waals surface area contributed by atoms with Gasteiger partial charge in [0.25, 0.3) is 0 Å². The number of carbonyl (C=O) groups is 4. The smallest absolute Gasteiger partial charge is 0.292 e. The fourth-order valence-electron chi connectivity index (χ4n) is 3.06. The predicted octanol–water partition coefficient (Wildman–Crippen LogP) is 3.37. The van der Waals surface area contributed by atoms with Crippen molar-refractivity contribution in [3.05, 3.63) is 71.3 Å². The second-order valence-electron chi connectivity index (χ2n) is 6.91. The van der Waals surface area contributed by atoms with Gasteiger partial charge >= 0.3 is 17.8 Å². The van der Waals surface area contributed by atoms with Gasteiger partial charge in [-0.2, -0.15) is 0 Å². The largest absolute Gasteiger partial charge is 0.334 e. The van der Waals surface area contributed by atoms with Crippen molar-refractivity contribution < 1.29 is 19.2 Å². The first-order valence-corrected chi connectivity index (χ1v) is 9.26. The maximum Gasteiger partial charge on any atom is 0.334 e. The molecule has 0 radical (unpaired) electrons. The Bertz CT molecular complexity index is 906. The van der Waals surface area contributed by atoms with Crippen molar-refractivity contribution in [3.8, 4) is 0 Å². The number of nitrogens with zero attached hydrogens (tertiary/aromatic N) is 2. The van der Waals surface area contributed by atoms with Crippen LogP contribution in [0.1, 0.15) is 47.7 Å². The highest BCUT2D eigenvalue weighted by atomic mass is 16.2. The van der Waals surface area contributed by atoms with Gasteiger partial charge < -0.3 is 0 Å². The second-order valence-corrected chi connectivity index (χ2v) is 6.91. The Labute approximate surface area is 163 Å². The number of benzene rings is 2. The molecule has 1 aliphatic heterocycles. The topological polar surface area (TPSA) is 74.8 Å². The third-order valence-corrected chi connectivity index (χ3v) is 5.03. The van der Waals surface area contributed by atoms with E-state index in [1.54, 1.807) is 36.4 Å². The van der Waals surface area contributed by atoms with Crippen LogP contribution in [0, 0.1) is 0 Å². The predicted molar refractivity (Wildman–Crippen MR) is 104 cm³/mol. The van der Waals surface area contributed by atoms with Crippen molar-refractivity contribution in [2.45, 2.75) is 32.7 Å². The minimum absolute atomic E-state index is 0.00145. The minimum atomic E-state index is -0.967. The van der Waals surface area contributed by atoms with E-state index >= 15 is 0 Å². The lowest BCUT2D eigenvalue weighted by molar-refractivity contribution is -0.143. The summed E-state index contributed by atoms with van der Waals surface area (Å²) in [7, 11) is 0. The van der Waals surface area contributed by atoms with Gasteiger partial charge in [-0.3, -0.25) is 19.3 Å². The minimum Gasteiger partial charge on any atom is -0.292 e. The Morgan fingerprint density at radius 2 is 1.50 bits per heavy atom. The van der Waals surface area contributed by atoms with Crippen LogP contribution in [0.5, 0.6) is 0 Å². The highest BCUT2D eigenvalue weighted by molar-refractivity contribution is 6.45. The van der Waals surface area contributed by atoms with Gasteiger partial charge in [0.15, 0.2) is 5.78 Å². The lowest BCUT2D eigenvalue weighted by atomic mass is 9.97. The molecule has 6 nitrogen and oxygen atoms in total. The first-order chi connectivity index (χ1) is 13.4. The van der Waals surface area contributed by atoms with Gasteiger partial charge in [0.2, 0.25) is 0 Å². The van der Waals surface area contributed by atoms with Gasteiger partial charge in [-0.15, -0.1) is 0 Å². The molecule has 0 bridgehead atoms. The van der Waals surface area contributed by atoms with E-state index in [2.05, 4.69) is 13.8 Å². The van der Waals surface area contributed by atoms with Crippen LogP contribution in [-0.2, 0) is 16.1 Å². The molecule has 2 aromatic carbocycles. The normalized spacial score (nSPS) is 15.3. The summed E-state index contributed by atoms with van der Waals surface area (Å²) in [6.45, 7) is 3.74. The fourth-order valence-corrected chi connectivity index (χ4v) is 3.06. The number of amides is 4.